The highest BCUT2D eigenvalue weighted by Gasteiger charge is 2.37. The molecule has 1 fully saturated rings. The number of nitrogens with one attached hydrogen (secondary N) is 1. The van der Waals surface area contributed by atoms with Gasteiger partial charge in [-0.05, 0) is 19.3 Å². The van der Waals surface area contributed by atoms with Gasteiger partial charge in [0.05, 0.1) is 0 Å². The van der Waals surface area contributed by atoms with Crippen molar-refractivity contribution in [1.82, 2.24) is 10.2 Å². The lowest BCUT2D eigenvalue weighted by molar-refractivity contribution is 0.0426. The molecular formula is C13H25ClN2. The van der Waals surface area contributed by atoms with Gasteiger partial charge in [-0.1, -0.05) is 38.4 Å². The quantitative estimate of drug-likeness (QED) is 0.804. The SMILES string of the molecule is CC1(C)CN(C/C=C/Cl)C(C(C)(C)C)CN1. The van der Waals surface area contributed by atoms with Crippen LogP contribution >= 0.6 is 11.6 Å². The van der Waals surface area contributed by atoms with Gasteiger partial charge in [-0.3, -0.25) is 4.90 Å². The van der Waals surface area contributed by atoms with Crippen LogP contribution in [0, 0.1) is 5.41 Å². The predicted molar refractivity (Wildman–Crippen MR) is 71.9 cm³/mol. The minimum atomic E-state index is 0.196. The van der Waals surface area contributed by atoms with Gasteiger partial charge in [-0.15, -0.1) is 0 Å². The van der Waals surface area contributed by atoms with Crippen molar-refractivity contribution in [3.05, 3.63) is 11.6 Å². The number of hydrogen-bond donors (Lipinski definition) is 1. The Bertz CT molecular complexity index is 253. The second-order valence-corrected chi connectivity index (χ2v) is 6.69. The fraction of sp³-hybridized carbons (Fsp3) is 0.846. The summed E-state index contributed by atoms with van der Waals surface area (Å²) >= 11 is 5.63. The van der Waals surface area contributed by atoms with Crippen molar-refractivity contribution in [2.75, 3.05) is 19.6 Å². The Kier molecular flexibility index (Phi) is 4.44. The number of piperazine rings is 1. The molecule has 1 rings (SSSR count). The maximum atomic E-state index is 5.63. The molecule has 16 heavy (non-hydrogen) atoms. The third kappa shape index (κ3) is 3.76. The topological polar surface area (TPSA) is 15.3 Å². The average molecular weight is 245 g/mol. The Morgan fingerprint density at radius 2 is 2.06 bits per heavy atom. The van der Waals surface area contributed by atoms with E-state index in [0.29, 0.717) is 11.5 Å². The van der Waals surface area contributed by atoms with Crippen LogP contribution in [0.3, 0.4) is 0 Å². The third-order valence-electron chi connectivity index (χ3n) is 3.24. The van der Waals surface area contributed by atoms with Crippen molar-refractivity contribution in [1.29, 1.82) is 0 Å². The second kappa shape index (κ2) is 5.07. The van der Waals surface area contributed by atoms with Gasteiger partial charge in [0.15, 0.2) is 0 Å². The van der Waals surface area contributed by atoms with Crippen LogP contribution in [0.1, 0.15) is 34.6 Å². The van der Waals surface area contributed by atoms with E-state index in [0.717, 1.165) is 19.6 Å². The van der Waals surface area contributed by atoms with E-state index in [1.165, 1.54) is 0 Å². The van der Waals surface area contributed by atoms with Crippen molar-refractivity contribution in [2.24, 2.45) is 5.41 Å². The maximum Gasteiger partial charge on any atom is 0.0273 e. The highest BCUT2D eigenvalue weighted by molar-refractivity contribution is 6.25. The summed E-state index contributed by atoms with van der Waals surface area (Å²) in [6, 6.07) is 0.563. The first-order valence-electron chi connectivity index (χ1n) is 6.00. The van der Waals surface area contributed by atoms with Crippen LogP contribution in [0.4, 0.5) is 0 Å². The summed E-state index contributed by atoms with van der Waals surface area (Å²) in [5.41, 5.74) is 2.11. The molecule has 0 aliphatic carbocycles. The lowest BCUT2D eigenvalue weighted by Gasteiger charge is -2.49. The van der Waals surface area contributed by atoms with Crippen LogP contribution in [0.15, 0.2) is 11.6 Å². The molecule has 0 aromatic heterocycles. The van der Waals surface area contributed by atoms with E-state index in [2.05, 4.69) is 44.8 Å². The highest BCUT2D eigenvalue weighted by Crippen LogP contribution is 2.28. The Hall–Kier alpha value is -0.0500. The first-order valence-corrected chi connectivity index (χ1v) is 6.44. The molecule has 1 aliphatic rings. The number of hydrogen-bond acceptors (Lipinski definition) is 2. The molecule has 1 heterocycles. The van der Waals surface area contributed by atoms with Gasteiger partial charge in [0.25, 0.3) is 0 Å². The molecule has 0 aromatic rings. The monoisotopic (exact) mass is 244 g/mol. The molecule has 0 bridgehead atoms. The minimum Gasteiger partial charge on any atom is -0.309 e. The molecule has 94 valence electrons. The minimum absolute atomic E-state index is 0.196. The van der Waals surface area contributed by atoms with Crippen molar-refractivity contribution in [3.8, 4) is 0 Å². The fourth-order valence-corrected chi connectivity index (χ4v) is 2.48. The second-order valence-electron chi connectivity index (χ2n) is 6.44. The summed E-state index contributed by atoms with van der Waals surface area (Å²) in [6.07, 6.45) is 2.03. The van der Waals surface area contributed by atoms with Crippen LogP contribution in [-0.2, 0) is 0 Å². The van der Waals surface area contributed by atoms with Gasteiger partial charge in [-0.2, -0.15) is 0 Å². The van der Waals surface area contributed by atoms with Crippen LogP contribution in [0.2, 0.25) is 0 Å². The summed E-state index contributed by atoms with van der Waals surface area (Å²) in [5, 5.41) is 3.62. The van der Waals surface area contributed by atoms with Gasteiger partial charge < -0.3 is 5.32 Å². The summed E-state index contributed by atoms with van der Waals surface area (Å²) in [4.78, 5) is 2.52. The normalized spacial score (nSPS) is 27.5. The molecular weight excluding hydrogens is 220 g/mol. The zero-order valence-electron chi connectivity index (χ0n) is 11.2. The van der Waals surface area contributed by atoms with Crippen molar-refractivity contribution in [2.45, 2.75) is 46.2 Å². The van der Waals surface area contributed by atoms with E-state index in [1.54, 1.807) is 5.54 Å². The number of rotatable bonds is 2. The predicted octanol–water partition coefficient (Wildman–Crippen LogP) is 2.84. The summed E-state index contributed by atoms with van der Waals surface area (Å²) in [5.74, 6) is 0. The smallest absolute Gasteiger partial charge is 0.0273 e. The molecule has 0 radical (unpaired) electrons. The zero-order valence-corrected chi connectivity index (χ0v) is 11.9. The summed E-state index contributed by atoms with van der Waals surface area (Å²) < 4.78 is 0. The Balaban J connectivity index is 2.76. The molecule has 1 saturated heterocycles. The fourth-order valence-electron chi connectivity index (χ4n) is 2.40. The molecule has 1 atom stereocenters. The van der Waals surface area contributed by atoms with Gasteiger partial charge in [-0.25, -0.2) is 0 Å². The molecule has 1 aliphatic heterocycles. The van der Waals surface area contributed by atoms with E-state index in [-0.39, 0.29) is 5.54 Å². The first-order chi connectivity index (χ1) is 7.26. The van der Waals surface area contributed by atoms with E-state index < -0.39 is 0 Å². The third-order valence-corrected chi connectivity index (χ3v) is 3.42. The van der Waals surface area contributed by atoms with Crippen LogP contribution in [0.5, 0.6) is 0 Å². The number of halogens is 1. The van der Waals surface area contributed by atoms with E-state index in [1.807, 2.05) is 6.08 Å². The van der Waals surface area contributed by atoms with E-state index in [9.17, 15) is 0 Å². The summed E-state index contributed by atoms with van der Waals surface area (Å²) in [7, 11) is 0. The standard InChI is InChI=1S/C13H25ClN2/c1-12(2,3)11-9-15-13(4,5)10-16(11)8-6-7-14/h6-7,11,15H,8-10H2,1-5H3/b7-6+. The Morgan fingerprint density at radius 1 is 1.44 bits per heavy atom. The molecule has 2 nitrogen and oxygen atoms in total. The molecule has 0 amide bonds. The van der Waals surface area contributed by atoms with Gasteiger partial charge in [0, 0.05) is 36.8 Å². The zero-order chi connectivity index (χ0) is 12.4. The number of nitrogens with zero attached hydrogens (tertiary/aromatic N) is 1. The Morgan fingerprint density at radius 3 is 2.56 bits per heavy atom. The largest absolute Gasteiger partial charge is 0.309 e. The maximum absolute atomic E-state index is 5.63. The first kappa shape index (κ1) is 14.0. The van der Waals surface area contributed by atoms with Crippen LogP contribution in [-0.4, -0.2) is 36.1 Å². The van der Waals surface area contributed by atoms with Gasteiger partial charge in [0.2, 0.25) is 0 Å². The van der Waals surface area contributed by atoms with E-state index in [4.69, 9.17) is 11.6 Å². The van der Waals surface area contributed by atoms with Crippen LogP contribution < -0.4 is 5.32 Å². The molecule has 1 N–H and O–H groups in total. The van der Waals surface area contributed by atoms with Crippen molar-refractivity contribution >= 4 is 11.6 Å². The highest BCUT2D eigenvalue weighted by atomic mass is 35.5. The van der Waals surface area contributed by atoms with Crippen LogP contribution in [0.25, 0.3) is 0 Å². The van der Waals surface area contributed by atoms with Gasteiger partial charge >= 0.3 is 0 Å². The van der Waals surface area contributed by atoms with Crippen molar-refractivity contribution < 1.29 is 0 Å². The lowest BCUT2D eigenvalue weighted by Crippen LogP contribution is -2.64. The average Bonchev–Trinajstić information content (AvgIpc) is 2.11. The Labute approximate surface area is 105 Å². The molecule has 0 saturated carbocycles. The molecule has 0 spiro atoms. The van der Waals surface area contributed by atoms with E-state index >= 15 is 0 Å². The van der Waals surface area contributed by atoms with Gasteiger partial charge in [0.1, 0.15) is 0 Å². The molecule has 3 heteroatoms. The summed E-state index contributed by atoms with van der Waals surface area (Å²) in [6.45, 7) is 14.5. The lowest BCUT2D eigenvalue weighted by atomic mass is 9.82. The van der Waals surface area contributed by atoms with Crippen molar-refractivity contribution in [3.63, 3.8) is 0 Å². The molecule has 1 unspecified atom stereocenters. The molecule has 0 aromatic carbocycles.